The molecule has 2 N–H and O–H groups in total. The van der Waals surface area contributed by atoms with E-state index in [2.05, 4.69) is 9.97 Å². The zero-order chi connectivity index (χ0) is 13.0. The third-order valence-corrected chi connectivity index (χ3v) is 2.48. The molecule has 0 saturated heterocycles. The van der Waals surface area contributed by atoms with Gasteiger partial charge in [0.05, 0.1) is 12.3 Å². The molecule has 0 aliphatic rings. The summed E-state index contributed by atoms with van der Waals surface area (Å²) in [5.41, 5.74) is 8.71. The molecule has 18 heavy (non-hydrogen) atoms. The van der Waals surface area contributed by atoms with E-state index in [1.807, 2.05) is 26.1 Å². The zero-order valence-corrected chi connectivity index (χ0v) is 10.6. The Kier molecular flexibility index (Phi) is 3.77. The number of nitrogens with zero attached hydrogens (tertiary/aromatic N) is 2. The third-order valence-electron chi connectivity index (χ3n) is 2.48. The van der Waals surface area contributed by atoms with E-state index in [-0.39, 0.29) is 6.10 Å². The molecular formula is C14H17N3O. The van der Waals surface area contributed by atoms with Gasteiger partial charge in [0.2, 0.25) is 0 Å². The molecule has 0 radical (unpaired) electrons. The molecule has 0 unspecified atom stereocenters. The highest BCUT2D eigenvalue weighted by Gasteiger charge is 2.04. The predicted octanol–water partition coefficient (Wildman–Crippen LogP) is 2.44. The zero-order valence-electron chi connectivity index (χ0n) is 10.6. The smallest absolute Gasteiger partial charge is 0.138 e. The highest BCUT2D eigenvalue weighted by atomic mass is 16.5. The molecule has 0 aliphatic carbocycles. The Bertz CT molecular complexity index is 526. The van der Waals surface area contributed by atoms with E-state index < -0.39 is 0 Å². The number of hydrogen-bond acceptors (Lipinski definition) is 4. The van der Waals surface area contributed by atoms with Crippen LogP contribution in [0.5, 0.6) is 5.75 Å². The highest BCUT2D eigenvalue weighted by Crippen LogP contribution is 2.18. The summed E-state index contributed by atoms with van der Waals surface area (Å²) in [7, 11) is 0. The second kappa shape index (κ2) is 5.49. The summed E-state index contributed by atoms with van der Waals surface area (Å²) < 4.78 is 5.61. The van der Waals surface area contributed by atoms with Gasteiger partial charge in [0, 0.05) is 30.7 Å². The van der Waals surface area contributed by atoms with E-state index >= 15 is 0 Å². The molecule has 0 amide bonds. The van der Waals surface area contributed by atoms with Gasteiger partial charge in [-0.1, -0.05) is 0 Å². The van der Waals surface area contributed by atoms with E-state index in [1.165, 1.54) is 0 Å². The summed E-state index contributed by atoms with van der Waals surface area (Å²) >= 11 is 0. The first-order valence-corrected chi connectivity index (χ1v) is 5.94. The average molecular weight is 243 g/mol. The molecule has 0 bridgehead atoms. The largest absolute Gasteiger partial charge is 0.489 e. The lowest BCUT2D eigenvalue weighted by atomic mass is 10.1. The van der Waals surface area contributed by atoms with Crippen LogP contribution in [0, 0.1) is 0 Å². The number of anilines is 1. The summed E-state index contributed by atoms with van der Waals surface area (Å²) in [4.78, 5) is 8.26. The Labute approximate surface area is 107 Å². The van der Waals surface area contributed by atoms with Crippen LogP contribution >= 0.6 is 0 Å². The van der Waals surface area contributed by atoms with Crippen molar-refractivity contribution in [1.29, 1.82) is 0 Å². The van der Waals surface area contributed by atoms with E-state index in [0.717, 1.165) is 22.6 Å². The molecule has 2 rings (SSSR count). The van der Waals surface area contributed by atoms with Gasteiger partial charge < -0.3 is 10.5 Å². The van der Waals surface area contributed by atoms with Crippen molar-refractivity contribution in [3.63, 3.8) is 0 Å². The van der Waals surface area contributed by atoms with Crippen molar-refractivity contribution < 1.29 is 4.74 Å². The molecule has 0 spiro atoms. The first-order chi connectivity index (χ1) is 8.65. The van der Waals surface area contributed by atoms with Crippen LogP contribution in [0.2, 0.25) is 0 Å². The van der Waals surface area contributed by atoms with Gasteiger partial charge in [0.25, 0.3) is 0 Å². The Hall–Kier alpha value is -2.10. The molecule has 2 aromatic rings. The van der Waals surface area contributed by atoms with E-state index in [0.29, 0.717) is 6.42 Å². The molecule has 94 valence electrons. The van der Waals surface area contributed by atoms with Crippen molar-refractivity contribution in [3.05, 3.63) is 48.0 Å². The van der Waals surface area contributed by atoms with Crippen molar-refractivity contribution in [1.82, 2.24) is 9.97 Å². The maximum Gasteiger partial charge on any atom is 0.138 e. The Morgan fingerprint density at radius 1 is 1.22 bits per heavy atom. The monoisotopic (exact) mass is 243 g/mol. The molecule has 0 aliphatic heterocycles. The number of pyridine rings is 2. The van der Waals surface area contributed by atoms with Gasteiger partial charge in [-0.15, -0.1) is 0 Å². The number of ether oxygens (including phenoxy) is 1. The number of hydrogen-bond donors (Lipinski definition) is 1. The molecule has 0 aromatic carbocycles. The van der Waals surface area contributed by atoms with Gasteiger partial charge in [-0.25, -0.2) is 0 Å². The minimum atomic E-state index is 0.144. The van der Waals surface area contributed by atoms with Gasteiger partial charge in [0.15, 0.2) is 0 Å². The van der Waals surface area contributed by atoms with Crippen molar-refractivity contribution in [2.24, 2.45) is 0 Å². The summed E-state index contributed by atoms with van der Waals surface area (Å²) in [6, 6.07) is 3.79. The van der Waals surface area contributed by atoms with Crippen LogP contribution in [-0.2, 0) is 6.42 Å². The fraction of sp³-hybridized carbons (Fsp3) is 0.286. The first kappa shape index (κ1) is 12.4. The summed E-state index contributed by atoms with van der Waals surface area (Å²) in [5.74, 6) is 0.782. The average Bonchev–Trinajstić information content (AvgIpc) is 2.32. The maximum atomic E-state index is 5.90. The lowest BCUT2D eigenvalue weighted by Gasteiger charge is -2.10. The molecule has 2 aromatic heterocycles. The van der Waals surface area contributed by atoms with Gasteiger partial charge in [-0.2, -0.15) is 0 Å². The standard InChI is InChI=1S/C14H17N3O/c1-10(2)18-13-6-11(7-17-9-13)5-12-8-16-4-3-14(12)15/h3-4,6-10H,5H2,1-2H3,(H2,15,16). The Morgan fingerprint density at radius 2 is 2.06 bits per heavy atom. The highest BCUT2D eigenvalue weighted by molar-refractivity contribution is 5.46. The van der Waals surface area contributed by atoms with Crippen molar-refractivity contribution in [2.75, 3.05) is 5.73 Å². The molecule has 4 nitrogen and oxygen atoms in total. The first-order valence-electron chi connectivity index (χ1n) is 5.94. The molecule has 0 saturated carbocycles. The topological polar surface area (TPSA) is 61.0 Å². The molecule has 2 heterocycles. The quantitative estimate of drug-likeness (QED) is 0.896. The van der Waals surface area contributed by atoms with Crippen LogP contribution in [0.3, 0.4) is 0 Å². The number of rotatable bonds is 4. The summed E-state index contributed by atoms with van der Waals surface area (Å²) in [6.45, 7) is 3.98. The van der Waals surface area contributed by atoms with Crippen LogP contribution < -0.4 is 10.5 Å². The molecule has 0 atom stereocenters. The Morgan fingerprint density at radius 3 is 2.78 bits per heavy atom. The summed E-state index contributed by atoms with van der Waals surface area (Å²) in [5, 5.41) is 0. The van der Waals surface area contributed by atoms with Gasteiger partial charge in [-0.05, 0) is 37.1 Å². The van der Waals surface area contributed by atoms with Gasteiger partial charge in [-0.3, -0.25) is 9.97 Å². The molecule has 4 heteroatoms. The molecule has 0 fully saturated rings. The summed E-state index contributed by atoms with van der Waals surface area (Å²) in [6.07, 6.45) is 7.86. The number of nitrogens with two attached hydrogens (primary N) is 1. The number of nitrogen functional groups attached to an aromatic ring is 1. The predicted molar refractivity (Wildman–Crippen MR) is 71.5 cm³/mol. The third kappa shape index (κ3) is 3.20. The molecular weight excluding hydrogens is 226 g/mol. The van der Waals surface area contributed by atoms with E-state index in [1.54, 1.807) is 24.7 Å². The van der Waals surface area contributed by atoms with E-state index in [9.17, 15) is 0 Å². The normalized spacial score (nSPS) is 10.6. The lowest BCUT2D eigenvalue weighted by Crippen LogP contribution is -2.06. The second-order valence-corrected chi connectivity index (χ2v) is 4.45. The van der Waals surface area contributed by atoms with Crippen molar-refractivity contribution in [2.45, 2.75) is 26.4 Å². The lowest BCUT2D eigenvalue weighted by molar-refractivity contribution is 0.241. The van der Waals surface area contributed by atoms with Crippen LogP contribution in [0.25, 0.3) is 0 Å². The minimum Gasteiger partial charge on any atom is -0.489 e. The van der Waals surface area contributed by atoms with Gasteiger partial charge >= 0.3 is 0 Å². The van der Waals surface area contributed by atoms with Crippen molar-refractivity contribution >= 4 is 5.69 Å². The van der Waals surface area contributed by atoms with E-state index in [4.69, 9.17) is 10.5 Å². The van der Waals surface area contributed by atoms with Crippen LogP contribution in [0.15, 0.2) is 36.9 Å². The van der Waals surface area contributed by atoms with Crippen LogP contribution in [0.1, 0.15) is 25.0 Å². The van der Waals surface area contributed by atoms with Gasteiger partial charge in [0.1, 0.15) is 5.75 Å². The second-order valence-electron chi connectivity index (χ2n) is 4.45. The van der Waals surface area contributed by atoms with Crippen LogP contribution in [-0.4, -0.2) is 16.1 Å². The minimum absolute atomic E-state index is 0.144. The van der Waals surface area contributed by atoms with Crippen molar-refractivity contribution in [3.8, 4) is 5.75 Å². The Balaban J connectivity index is 2.17. The SMILES string of the molecule is CC(C)Oc1cncc(Cc2cnccc2N)c1. The fourth-order valence-electron chi connectivity index (χ4n) is 1.70. The van der Waals surface area contributed by atoms with Crippen LogP contribution in [0.4, 0.5) is 5.69 Å². The fourth-order valence-corrected chi connectivity index (χ4v) is 1.70. The maximum absolute atomic E-state index is 5.90. The number of aromatic nitrogens is 2.